The lowest BCUT2D eigenvalue weighted by Gasteiger charge is -2.12. The fourth-order valence-corrected chi connectivity index (χ4v) is 3.95. The first-order valence-corrected chi connectivity index (χ1v) is 8.20. The minimum Gasteiger partial charge on any atom is -0.399 e. The largest absolute Gasteiger partial charge is 0.399 e. The number of nitrogens with one attached hydrogen (secondary N) is 1. The molecule has 7 heteroatoms. The van der Waals surface area contributed by atoms with Gasteiger partial charge in [-0.3, -0.25) is 4.72 Å². The van der Waals surface area contributed by atoms with E-state index in [1.165, 1.54) is 24.3 Å². The van der Waals surface area contributed by atoms with Crippen LogP contribution in [0.5, 0.6) is 0 Å². The highest BCUT2D eigenvalue weighted by molar-refractivity contribution is 9.10. The van der Waals surface area contributed by atoms with E-state index in [1.807, 2.05) is 6.07 Å². The minimum absolute atomic E-state index is 0.0819. The summed E-state index contributed by atoms with van der Waals surface area (Å²) in [4.78, 5) is 0.0819. The lowest BCUT2D eigenvalue weighted by molar-refractivity contribution is 0.600. The number of nitrogen functional groups attached to an aromatic ring is 1. The van der Waals surface area contributed by atoms with E-state index in [9.17, 15) is 8.42 Å². The lowest BCUT2D eigenvalue weighted by Crippen LogP contribution is -2.14. The first-order chi connectivity index (χ1) is 9.83. The SMILES string of the molecule is Cc1ccc(C#N)cc1NS(=O)(=O)c1ccc(N)cc1Br. The quantitative estimate of drug-likeness (QED) is 0.817. The molecule has 0 saturated carbocycles. The fraction of sp³-hybridized carbons (Fsp3) is 0.0714. The van der Waals surface area contributed by atoms with E-state index >= 15 is 0 Å². The monoisotopic (exact) mass is 365 g/mol. The molecule has 2 aromatic carbocycles. The van der Waals surface area contributed by atoms with Gasteiger partial charge in [0, 0.05) is 10.2 Å². The third-order valence-corrected chi connectivity index (χ3v) is 5.20. The molecule has 0 fully saturated rings. The third kappa shape index (κ3) is 3.35. The summed E-state index contributed by atoms with van der Waals surface area (Å²) in [7, 11) is -3.77. The number of hydrogen-bond donors (Lipinski definition) is 2. The molecule has 5 nitrogen and oxygen atoms in total. The Morgan fingerprint density at radius 1 is 1.24 bits per heavy atom. The van der Waals surface area contributed by atoms with Crippen molar-refractivity contribution in [3.63, 3.8) is 0 Å². The molecule has 2 rings (SSSR count). The molecule has 0 aliphatic carbocycles. The molecule has 0 saturated heterocycles. The van der Waals surface area contributed by atoms with Crippen molar-refractivity contribution >= 4 is 37.3 Å². The third-order valence-electron chi connectivity index (χ3n) is 2.86. The Balaban J connectivity index is 2.45. The summed E-state index contributed by atoms with van der Waals surface area (Å²) in [6.45, 7) is 1.76. The van der Waals surface area contributed by atoms with E-state index in [0.29, 0.717) is 21.4 Å². The Kier molecular flexibility index (Phi) is 4.21. The van der Waals surface area contributed by atoms with E-state index in [2.05, 4.69) is 20.7 Å². The van der Waals surface area contributed by atoms with Gasteiger partial charge in [-0.1, -0.05) is 6.07 Å². The van der Waals surface area contributed by atoms with Crippen molar-refractivity contribution in [2.24, 2.45) is 0 Å². The summed E-state index contributed by atoms with van der Waals surface area (Å²) in [6, 6.07) is 11.3. The molecule has 3 N–H and O–H groups in total. The Hall–Kier alpha value is -2.04. The second-order valence-corrected chi connectivity index (χ2v) is 6.94. The average molecular weight is 366 g/mol. The molecule has 0 aliphatic rings. The van der Waals surface area contributed by atoms with Gasteiger partial charge in [-0.15, -0.1) is 0 Å². The van der Waals surface area contributed by atoms with Gasteiger partial charge in [0.15, 0.2) is 0 Å². The first kappa shape index (κ1) is 15.4. The summed E-state index contributed by atoms with van der Waals surface area (Å²) in [5.41, 5.74) is 7.55. The predicted octanol–water partition coefficient (Wildman–Crippen LogP) is 3.01. The standard InChI is InChI=1S/C14H12BrN3O2S/c1-9-2-3-10(8-16)6-13(9)18-21(19,20)14-5-4-11(17)7-12(14)15/h2-7,18H,17H2,1H3. The Morgan fingerprint density at radius 3 is 2.57 bits per heavy atom. The maximum atomic E-state index is 12.4. The molecular weight excluding hydrogens is 354 g/mol. The van der Waals surface area contributed by atoms with Crippen molar-refractivity contribution in [1.82, 2.24) is 0 Å². The van der Waals surface area contributed by atoms with Crippen LogP contribution in [0.3, 0.4) is 0 Å². The Labute approximate surface area is 131 Å². The highest BCUT2D eigenvalue weighted by atomic mass is 79.9. The van der Waals surface area contributed by atoms with Crippen LogP contribution in [0.1, 0.15) is 11.1 Å². The van der Waals surface area contributed by atoms with Gasteiger partial charge in [-0.25, -0.2) is 8.42 Å². The molecule has 0 amide bonds. The van der Waals surface area contributed by atoms with E-state index in [0.717, 1.165) is 5.56 Å². The highest BCUT2D eigenvalue weighted by Crippen LogP contribution is 2.27. The van der Waals surface area contributed by atoms with Crippen LogP contribution in [0.25, 0.3) is 0 Å². The van der Waals surface area contributed by atoms with Gasteiger partial charge in [0.1, 0.15) is 4.90 Å². The van der Waals surface area contributed by atoms with Gasteiger partial charge in [0.25, 0.3) is 10.0 Å². The van der Waals surface area contributed by atoms with Crippen molar-refractivity contribution in [3.05, 3.63) is 52.0 Å². The van der Waals surface area contributed by atoms with Crippen molar-refractivity contribution in [2.45, 2.75) is 11.8 Å². The fourth-order valence-electron chi connectivity index (χ4n) is 1.74. The van der Waals surface area contributed by atoms with E-state index in [4.69, 9.17) is 11.0 Å². The van der Waals surface area contributed by atoms with Gasteiger partial charge in [0.05, 0.1) is 17.3 Å². The van der Waals surface area contributed by atoms with E-state index < -0.39 is 10.0 Å². The zero-order valence-electron chi connectivity index (χ0n) is 11.1. The van der Waals surface area contributed by atoms with Crippen LogP contribution < -0.4 is 10.5 Å². The number of hydrogen-bond acceptors (Lipinski definition) is 4. The van der Waals surface area contributed by atoms with Crippen LogP contribution in [0.15, 0.2) is 45.8 Å². The number of aryl methyl sites for hydroxylation is 1. The maximum absolute atomic E-state index is 12.4. The van der Waals surface area contributed by atoms with Crippen LogP contribution in [-0.4, -0.2) is 8.42 Å². The first-order valence-electron chi connectivity index (χ1n) is 5.92. The van der Waals surface area contributed by atoms with Crippen molar-refractivity contribution in [1.29, 1.82) is 5.26 Å². The second kappa shape index (κ2) is 5.76. The van der Waals surface area contributed by atoms with Crippen LogP contribution in [-0.2, 0) is 10.0 Å². The molecule has 0 atom stereocenters. The van der Waals surface area contributed by atoms with Gasteiger partial charge >= 0.3 is 0 Å². The van der Waals surface area contributed by atoms with Gasteiger partial charge in [-0.2, -0.15) is 5.26 Å². The molecule has 0 bridgehead atoms. The smallest absolute Gasteiger partial charge is 0.263 e. The number of nitrogens with zero attached hydrogens (tertiary/aromatic N) is 1. The Morgan fingerprint density at radius 2 is 1.95 bits per heavy atom. The zero-order chi connectivity index (χ0) is 15.6. The number of halogens is 1. The molecule has 2 aromatic rings. The number of nitriles is 1. The predicted molar refractivity (Wildman–Crippen MR) is 85.3 cm³/mol. The molecule has 108 valence electrons. The number of anilines is 2. The second-order valence-electron chi connectivity index (χ2n) is 4.44. The summed E-state index contributed by atoms with van der Waals surface area (Å²) >= 11 is 3.19. The lowest BCUT2D eigenvalue weighted by atomic mass is 10.1. The van der Waals surface area contributed by atoms with E-state index in [-0.39, 0.29) is 4.90 Å². The summed E-state index contributed by atoms with van der Waals surface area (Å²) in [5.74, 6) is 0. The molecule has 0 aliphatic heterocycles. The summed E-state index contributed by atoms with van der Waals surface area (Å²) in [6.07, 6.45) is 0. The number of nitrogens with two attached hydrogens (primary N) is 1. The topological polar surface area (TPSA) is 96.0 Å². The van der Waals surface area contributed by atoms with Crippen LogP contribution in [0, 0.1) is 18.3 Å². The molecule has 21 heavy (non-hydrogen) atoms. The normalized spacial score (nSPS) is 10.9. The number of sulfonamides is 1. The Bertz CT molecular complexity index is 842. The summed E-state index contributed by atoms with van der Waals surface area (Å²) in [5, 5.41) is 8.89. The molecule has 0 aromatic heterocycles. The van der Waals surface area contributed by atoms with Crippen LogP contribution >= 0.6 is 15.9 Å². The van der Waals surface area contributed by atoms with Gasteiger partial charge < -0.3 is 5.73 Å². The van der Waals surface area contributed by atoms with Crippen molar-refractivity contribution in [3.8, 4) is 6.07 Å². The summed E-state index contributed by atoms with van der Waals surface area (Å²) < 4.78 is 27.7. The molecule has 0 heterocycles. The average Bonchev–Trinajstić information content (AvgIpc) is 2.40. The highest BCUT2D eigenvalue weighted by Gasteiger charge is 2.18. The molecular formula is C14H12BrN3O2S. The van der Waals surface area contributed by atoms with Gasteiger partial charge in [0.2, 0.25) is 0 Å². The van der Waals surface area contributed by atoms with Crippen LogP contribution in [0.4, 0.5) is 11.4 Å². The van der Waals surface area contributed by atoms with Gasteiger partial charge in [-0.05, 0) is 58.7 Å². The number of rotatable bonds is 3. The van der Waals surface area contributed by atoms with E-state index in [1.54, 1.807) is 19.1 Å². The van der Waals surface area contributed by atoms with Crippen molar-refractivity contribution < 1.29 is 8.42 Å². The molecule has 0 unspecified atom stereocenters. The maximum Gasteiger partial charge on any atom is 0.263 e. The minimum atomic E-state index is -3.77. The van der Waals surface area contributed by atoms with Crippen molar-refractivity contribution in [2.75, 3.05) is 10.5 Å². The number of benzene rings is 2. The van der Waals surface area contributed by atoms with Crippen LogP contribution in [0.2, 0.25) is 0 Å². The molecule has 0 spiro atoms. The molecule has 0 radical (unpaired) electrons. The zero-order valence-corrected chi connectivity index (χ0v) is 13.5.